The molecule has 0 unspecified atom stereocenters. The molecule has 0 saturated carbocycles. The summed E-state index contributed by atoms with van der Waals surface area (Å²) in [6.07, 6.45) is 9.50. The molecule has 1 aliphatic heterocycles. The highest BCUT2D eigenvalue weighted by atomic mass is 16.5. The minimum Gasteiger partial charge on any atom is -0.489 e. The molecule has 0 bridgehead atoms. The molecule has 0 N–H and O–H groups in total. The molecule has 1 aliphatic carbocycles. The van der Waals surface area contributed by atoms with Crippen LogP contribution in [0.5, 0.6) is 11.5 Å². The number of carbonyl (C=O) groups is 1. The Morgan fingerprint density at radius 1 is 1.00 bits per heavy atom. The standard InChI is InChI=1S/C23H20O4/c24-23-20-15-19(26-16-17-7-3-1-4-8-17)11-12-21(20)25-14-13-22(23)27-18-9-5-2-6-10-18/h1,3-5,7-13,15H,2,6,14,16H2. The van der Waals surface area contributed by atoms with Crippen LogP contribution in [-0.2, 0) is 11.3 Å². The maximum atomic E-state index is 13.0. The zero-order valence-corrected chi connectivity index (χ0v) is 14.9. The number of fused-ring (bicyclic) bond motifs is 1. The lowest BCUT2D eigenvalue weighted by Crippen LogP contribution is -2.07. The van der Waals surface area contributed by atoms with Gasteiger partial charge in [0.15, 0.2) is 5.76 Å². The third-order valence-electron chi connectivity index (χ3n) is 4.36. The summed E-state index contributed by atoms with van der Waals surface area (Å²) in [7, 11) is 0. The lowest BCUT2D eigenvalue weighted by molar-refractivity contribution is 0.0962. The van der Waals surface area contributed by atoms with Gasteiger partial charge in [0.25, 0.3) is 0 Å². The van der Waals surface area contributed by atoms with Gasteiger partial charge in [0.1, 0.15) is 30.5 Å². The summed E-state index contributed by atoms with van der Waals surface area (Å²) < 4.78 is 17.3. The molecule has 0 amide bonds. The first-order valence-electron chi connectivity index (χ1n) is 9.02. The zero-order valence-electron chi connectivity index (χ0n) is 14.9. The predicted octanol–water partition coefficient (Wildman–Crippen LogP) is 4.98. The van der Waals surface area contributed by atoms with E-state index >= 15 is 0 Å². The summed E-state index contributed by atoms with van der Waals surface area (Å²) in [5, 5.41) is 0. The number of hydrogen-bond donors (Lipinski definition) is 0. The Labute approximate surface area is 158 Å². The third kappa shape index (κ3) is 4.11. The normalized spacial score (nSPS) is 15.8. The van der Waals surface area contributed by atoms with Crippen molar-refractivity contribution in [3.05, 3.63) is 95.5 Å². The van der Waals surface area contributed by atoms with E-state index in [1.54, 1.807) is 18.2 Å². The molecule has 27 heavy (non-hydrogen) atoms. The Balaban J connectivity index is 1.52. The number of benzene rings is 2. The van der Waals surface area contributed by atoms with Gasteiger partial charge in [-0.15, -0.1) is 0 Å². The summed E-state index contributed by atoms with van der Waals surface area (Å²) in [6, 6.07) is 15.2. The first-order chi connectivity index (χ1) is 13.3. The molecule has 2 aromatic carbocycles. The second kappa shape index (κ2) is 7.96. The number of ketones is 1. The summed E-state index contributed by atoms with van der Waals surface area (Å²) in [5.74, 6) is 1.93. The van der Waals surface area contributed by atoms with E-state index in [9.17, 15) is 4.79 Å². The fourth-order valence-corrected chi connectivity index (χ4v) is 2.96. The second-order valence-corrected chi connectivity index (χ2v) is 6.33. The average Bonchev–Trinajstić information content (AvgIpc) is 2.87. The highest BCUT2D eigenvalue weighted by Gasteiger charge is 2.23. The van der Waals surface area contributed by atoms with Crippen molar-refractivity contribution in [1.82, 2.24) is 0 Å². The lowest BCUT2D eigenvalue weighted by atomic mass is 10.1. The van der Waals surface area contributed by atoms with Crippen LogP contribution in [0.3, 0.4) is 0 Å². The maximum Gasteiger partial charge on any atom is 0.231 e. The van der Waals surface area contributed by atoms with Crippen molar-refractivity contribution in [2.24, 2.45) is 0 Å². The van der Waals surface area contributed by atoms with E-state index in [0.717, 1.165) is 18.4 Å². The fourth-order valence-electron chi connectivity index (χ4n) is 2.96. The molecule has 4 nitrogen and oxygen atoms in total. The maximum absolute atomic E-state index is 13.0. The quantitative estimate of drug-likeness (QED) is 0.755. The topological polar surface area (TPSA) is 44.8 Å². The van der Waals surface area contributed by atoms with Crippen LogP contribution < -0.4 is 9.47 Å². The molecular formula is C23H20O4. The van der Waals surface area contributed by atoms with Crippen molar-refractivity contribution < 1.29 is 19.0 Å². The van der Waals surface area contributed by atoms with Crippen molar-refractivity contribution in [1.29, 1.82) is 0 Å². The van der Waals surface area contributed by atoms with Crippen LogP contribution >= 0.6 is 0 Å². The molecule has 2 aliphatic rings. The molecule has 4 heteroatoms. The molecule has 0 spiro atoms. The molecule has 2 aromatic rings. The highest BCUT2D eigenvalue weighted by Crippen LogP contribution is 2.30. The minimum atomic E-state index is -0.201. The third-order valence-corrected chi connectivity index (χ3v) is 4.36. The van der Waals surface area contributed by atoms with E-state index in [1.807, 2.05) is 54.6 Å². The van der Waals surface area contributed by atoms with Crippen molar-refractivity contribution in [3.63, 3.8) is 0 Å². The van der Waals surface area contributed by atoms with Gasteiger partial charge in [0.05, 0.1) is 5.56 Å². The van der Waals surface area contributed by atoms with Crippen LogP contribution in [0.1, 0.15) is 28.8 Å². The monoisotopic (exact) mass is 360 g/mol. The fraction of sp³-hybridized carbons (Fsp3) is 0.174. The van der Waals surface area contributed by atoms with Crippen LogP contribution in [0.2, 0.25) is 0 Å². The SMILES string of the molecule is O=C1C(OC2=CCCC=C2)=CCOc2ccc(OCc3ccccc3)cc21. The summed E-state index contributed by atoms with van der Waals surface area (Å²) in [5.41, 5.74) is 1.51. The van der Waals surface area contributed by atoms with E-state index in [0.29, 0.717) is 29.4 Å². The average molecular weight is 360 g/mol. The minimum absolute atomic E-state index is 0.201. The molecule has 0 radical (unpaired) electrons. The van der Waals surface area contributed by atoms with Gasteiger partial charge in [-0.05, 0) is 54.8 Å². The lowest BCUT2D eigenvalue weighted by Gasteiger charge is -2.13. The van der Waals surface area contributed by atoms with Crippen LogP contribution in [0.25, 0.3) is 0 Å². The molecule has 1 heterocycles. The van der Waals surface area contributed by atoms with E-state index in [2.05, 4.69) is 0 Å². The number of rotatable bonds is 5. The molecule has 0 saturated heterocycles. The Morgan fingerprint density at radius 2 is 1.89 bits per heavy atom. The molecule has 4 rings (SSSR count). The first kappa shape index (κ1) is 17.2. The van der Waals surface area contributed by atoms with E-state index in [-0.39, 0.29) is 18.1 Å². The van der Waals surface area contributed by atoms with Gasteiger partial charge < -0.3 is 14.2 Å². The van der Waals surface area contributed by atoms with Gasteiger partial charge in [-0.25, -0.2) is 0 Å². The number of hydrogen-bond acceptors (Lipinski definition) is 4. The van der Waals surface area contributed by atoms with Crippen LogP contribution in [0.15, 0.2) is 84.4 Å². The number of Topliss-reactive ketones (excluding diaryl/α,β-unsaturated/α-hetero) is 1. The molecule has 136 valence electrons. The highest BCUT2D eigenvalue weighted by molar-refractivity contribution is 6.09. The zero-order chi connectivity index (χ0) is 18.5. The Kier molecular flexibility index (Phi) is 5.06. The smallest absolute Gasteiger partial charge is 0.231 e. The van der Waals surface area contributed by atoms with E-state index < -0.39 is 0 Å². The van der Waals surface area contributed by atoms with E-state index in [1.165, 1.54) is 0 Å². The summed E-state index contributed by atoms with van der Waals surface area (Å²) in [6.45, 7) is 0.723. The van der Waals surface area contributed by atoms with Crippen molar-refractivity contribution in [2.45, 2.75) is 19.4 Å². The number of allylic oxidation sites excluding steroid dienone is 4. The Bertz CT molecular complexity index is 923. The Hall–Kier alpha value is -3.27. The van der Waals surface area contributed by atoms with Crippen molar-refractivity contribution in [2.75, 3.05) is 6.61 Å². The van der Waals surface area contributed by atoms with Gasteiger partial charge in [-0.3, -0.25) is 4.79 Å². The first-order valence-corrected chi connectivity index (χ1v) is 9.02. The summed E-state index contributed by atoms with van der Waals surface area (Å²) >= 11 is 0. The Morgan fingerprint density at radius 3 is 2.70 bits per heavy atom. The van der Waals surface area contributed by atoms with Gasteiger partial charge >= 0.3 is 0 Å². The van der Waals surface area contributed by atoms with Crippen LogP contribution in [0, 0.1) is 0 Å². The van der Waals surface area contributed by atoms with Crippen LogP contribution in [0.4, 0.5) is 0 Å². The van der Waals surface area contributed by atoms with Gasteiger partial charge in [-0.2, -0.15) is 0 Å². The van der Waals surface area contributed by atoms with Crippen molar-refractivity contribution in [3.8, 4) is 11.5 Å². The van der Waals surface area contributed by atoms with Gasteiger partial charge in [0.2, 0.25) is 5.78 Å². The largest absolute Gasteiger partial charge is 0.489 e. The van der Waals surface area contributed by atoms with Gasteiger partial charge in [-0.1, -0.05) is 36.4 Å². The van der Waals surface area contributed by atoms with Gasteiger partial charge in [0, 0.05) is 0 Å². The van der Waals surface area contributed by atoms with Crippen molar-refractivity contribution >= 4 is 5.78 Å². The predicted molar refractivity (Wildman–Crippen MR) is 103 cm³/mol. The molecule has 0 aromatic heterocycles. The molecular weight excluding hydrogens is 340 g/mol. The number of ether oxygens (including phenoxy) is 3. The van der Waals surface area contributed by atoms with Crippen LogP contribution in [-0.4, -0.2) is 12.4 Å². The summed E-state index contributed by atoms with van der Waals surface area (Å²) in [4.78, 5) is 13.0. The second-order valence-electron chi connectivity index (χ2n) is 6.33. The molecule has 0 fully saturated rings. The number of carbonyl (C=O) groups excluding carboxylic acids is 1. The molecule has 0 atom stereocenters. The van der Waals surface area contributed by atoms with E-state index in [4.69, 9.17) is 14.2 Å².